The molecule has 0 fully saturated rings. The molecule has 0 spiro atoms. The van der Waals surface area contributed by atoms with Crippen molar-refractivity contribution in [3.63, 3.8) is 0 Å². The van der Waals surface area contributed by atoms with Gasteiger partial charge in [0.05, 0.1) is 0 Å². The van der Waals surface area contributed by atoms with E-state index in [1.54, 1.807) is 24.3 Å². The van der Waals surface area contributed by atoms with E-state index in [0.29, 0.717) is 10.6 Å². The molecule has 4 heteroatoms. The van der Waals surface area contributed by atoms with Crippen LogP contribution in [0.15, 0.2) is 24.3 Å². The van der Waals surface area contributed by atoms with Gasteiger partial charge in [0.25, 0.3) is 0 Å². The molecule has 2 nitrogen and oxygen atoms in total. The van der Waals surface area contributed by atoms with Crippen molar-refractivity contribution in [2.24, 2.45) is 5.73 Å². The SMILES string of the molecule is NC(=O)C(Cl)c1cccc(Cl)c1. The van der Waals surface area contributed by atoms with Gasteiger partial charge in [-0.2, -0.15) is 0 Å². The highest BCUT2D eigenvalue weighted by molar-refractivity contribution is 6.32. The van der Waals surface area contributed by atoms with E-state index in [1.807, 2.05) is 0 Å². The van der Waals surface area contributed by atoms with Crippen molar-refractivity contribution >= 4 is 29.1 Å². The third-order valence-corrected chi connectivity index (χ3v) is 2.09. The molecule has 64 valence electrons. The fourth-order valence-electron chi connectivity index (χ4n) is 0.829. The van der Waals surface area contributed by atoms with Crippen LogP contribution in [-0.4, -0.2) is 5.91 Å². The number of nitrogens with two attached hydrogens (primary N) is 1. The van der Waals surface area contributed by atoms with Gasteiger partial charge in [0.1, 0.15) is 5.38 Å². The van der Waals surface area contributed by atoms with Crippen LogP contribution >= 0.6 is 23.2 Å². The molecule has 1 unspecified atom stereocenters. The molecule has 2 N–H and O–H groups in total. The first-order valence-electron chi connectivity index (χ1n) is 3.30. The Labute approximate surface area is 80.3 Å². The summed E-state index contributed by atoms with van der Waals surface area (Å²) in [5.41, 5.74) is 5.63. The van der Waals surface area contributed by atoms with Crippen LogP contribution in [0.5, 0.6) is 0 Å². The number of alkyl halides is 1. The van der Waals surface area contributed by atoms with E-state index in [9.17, 15) is 4.79 Å². The maximum absolute atomic E-state index is 10.7. The summed E-state index contributed by atoms with van der Waals surface area (Å²) < 4.78 is 0. The predicted molar refractivity (Wildman–Crippen MR) is 49.2 cm³/mol. The predicted octanol–water partition coefficient (Wildman–Crippen LogP) is 2.11. The number of rotatable bonds is 2. The second-order valence-electron chi connectivity index (χ2n) is 2.32. The molecule has 0 aliphatic carbocycles. The Morgan fingerprint density at radius 2 is 2.17 bits per heavy atom. The first-order valence-corrected chi connectivity index (χ1v) is 4.11. The molecule has 0 aliphatic rings. The number of carbonyl (C=O) groups is 1. The second-order valence-corrected chi connectivity index (χ2v) is 3.19. The van der Waals surface area contributed by atoms with E-state index in [4.69, 9.17) is 28.9 Å². The van der Waals surface area contributed by atoms with Gasteiger partial charge in [0.2, 0.25) is 5.91 Å². The van der Waals surface area contributed by atoms with Crippen LogP contribution in [0.2, 0.25) is 5.02 Å². The summed E-state index contributed by atoms with van der Waals surface area (Å²) >= 11 is 11.4. The van der Waals surface area contributed by atoms with Crippen molar-refractivity contribution in [1.29, 1.82) is 0 Å². The number of hydrogen-bond acceptors (Lipinski definition) is 1. The first-order chi connectivity index (χ1) is 5.61. The summed E-state index contributed by atoms with van der Waals surface area (Å²) in [6, 6.07) is 6.74. The largest absolute Gasteiger partial charge is 0.368 e. The van der Waals surface area contributed by atoms with E-state index in [0.717, 1.165) is 0 Å². The number of hydrogen-bond donors (Lipinski definition) is 1. The van der Waals surface area contributed by atoms with Crippen molar-refractivity contribution < 1.29 is 4.79 Å². The molecule has 0 bridgehead atoms. The average molecular weight is 204 g/mol. The van der Waals surface area contributed by atoms with Crippen LogP contribution in [0, 0.1) is 0 Å². The Kier molecular flexibility index (Phi) is 2.95. The molecule has 0 heterocycles. The highest BCUT2D eigenvalue weighted by Gasteiger charge is 2.13. The van der Waals surface area contributed by atoms with Crippen LogP contribution in [0.4, 0.5) is 0 Å². The monoisotopic (exact) mass is 203 g/mol. The number of carbonyl (C=O) groups excluding carboxylic acids is 1. The molecule has 1 atom stereocenters. The summed E-state index contributed by atoms with van der Waals surface area (Å²) in [6.45, 7) is 0. The molecule has 12 heavy (non-hydrogen) atoms. The smallest absolute Gasteiger partial charge is 0.240 e. The van der Waals surface area contributed by atoms with Gasteiger partial charge in [-0.15, -0.1) is 11.6 Å². The van der Waals surface area contributed by atoms with Gasteiger partial charge >= 0.3 is 0 Å². The first kappa shape index (κ1) is 9.36. The number of amides is 1. The molecule has 0 radical (unpaired) electrons. The highest BCUT2D eigenvalue weighted by atomic mass is 35.5. The Bertz CT molecular complexity index is 301. The lowest BCUT2D eigenvalue weighted by Crippen LogP contribution is -2.16. The summed E-state index contributed by atoms with van der Waals surface area (Å²) in [5.74, 6) is -0.570. The molecule has 1 amide bonds. The summed E-state index contributed by atoms with van der Waals surface area (Å²) in [7, 11) is 0. The lowest BCUT2D eigenvalue weighted by molar-refractivity contribution is -0.117. The molecule has 0 aromatic heterocycles. The van der Waals surface area contributed by atoms with E-state index >= 15 is 0 Å². The van der Waals surface area contributed by atoms with Crippen molar-refractivity contribution in [1.82, 2.24) is 0 Å². The number of primary amides is 1. The van der Waals surface area contributed by atoms with Gasteiger partial charge in [-0.1, -0.05) is 23.7 Å². The summed E-state index contributed by atoms with van der Waals surface area (Å²) in [4.78, 5) is 10.7. The number of halogens is 2. The van der Waals surface area contributed by atoms with Crippen LogP contribution in [-0.2, 0) is 4.79 Å². The quantitative estimate of drug-likeness (QED) is 0.736. The molecular formula is C8H7Cl2NO. The minimum atomic E-state index is -0.802. The molecule has 0 saturated heterocycles. The van der Waals surface area contributed by atoms with Crippen LogP contribution < -0.4 is 5.73 Å². The maximum atomic E-state index is 10.7. The van der Waals surface area contributed by atoms with Crippen molar-refractivity contribution in [3.8, 4) is 0 Å². The average Bonchev–Trinajstić information content (AvgIpc) is 2.03. The Morgan fingerprint density at radius 1 is 1.50 bits per heavy atom. The Hall–Kier alpha value is -0.730. The fraction of sp³-hybridized carbons (Fsp3) is 0.125. The highest BCUT2D eigenvalue weighted by Crippen LogP contribution is 2.22. The lowest BCUT2D eigenvalue weighted by atomic mass is 10.1. The second kappa shape index (κ2) is 3.78. The zero-order valence-corrected chi connectivity index (χ0v) is 7.64. The van der Waals surface area contributed by atoms with Crippen LogP contribution in [0.25, 0.3) is 0 Å². The molecular weight excluding hydrogens is 197 g/mol. The topological polar surface area (TPSA) is 43.1 Å². The third-order valence-electron chi connectivity index (χ3n) is 1.39. The standard InChI is InChI=1S/C8H7Cl2NO/c9-6-3-1-2-5(4-6)7(10)8(11)12/h1-4,7H,(H2,11,12). The molecule has 0 saturated carbocycles. The van der Waals surface area contributed by atoms with Gasteiger partial charge in [-0.05, 0) is 17.7 Å². The maximum Gasteiger partial charge on any atom is 0.240 e. The number of benzene rings is 1. The Morgan fingerprint density at radius 3 is 2.67 bits per heavy atom. The van der Waals surface area contributed by atoms with E-state index in [1.165, 1.54) is 0 Å². The summed E-state index contributed by atoms with van der Waals surface area (Å²) in [5, 5.41) is -0.261. The van der Waals surface area contributed by atoms with Gasteiger partial charge in [-0.3, -0.25) is 4.79 Å². The molecule has 1 aromatic rings. The van der Waals surface area contributed by atoms with Crippen molar-refractivity contribution in [2.45, 2.75) is 5.38 Å². The van der Waals surface area contributed by atoms with Gasteiger partial charge in [0.15, 0.2) is 0 Å². The van der Waals surface area contributed by atoms with Crippen LogP contribution in [0.1, 0.15) is 10.9 Å². The van der Waals surface area contributed by atoms with Gasteiger partial charge in [-0.25, -0.2) is 0 Å². The molecule has 0 aliphatic heterocycles. The van der Waals surface area contributed by atoms with E-state index < -0.39 is 11.3 Å². The molecule has 1 rings (SSSR count). The Balaban J connectivity index is 2.95. The third kappa shape index (κ3) is 2.13. The zero-order chi connectivity index (χ0) is 9.14. The minimum absolute atomic E-state index is 0.541. The van der Waals surface area contributed by atoms with Crippen molar-refractivity contribution in [3.05, 3.63) is 34.9 Å². The van der Waals surface area contributed by atoms with Gasteiger partial charge in [0, 0.05) is 5.02 Å². The van der Waals surface area contributed by atoms with Crippen LogP contribution in [0.3, 0.4) is 0 Å². The van der Waals surface area contributed by atoms with E-state index in [2.05, 4.69) is 0 Å². The lowest BCUT2D eigenvalue weighted by Gasteiger charge is -2.04. The van der Waals surface area contributed by atoms with Gasteiger partial charge < -0.3 is 5.73 Å². The minimum Gasteiger partial charge on any atom is -0.368 e. The zero-order valence-electron chi connectivity index (χ0n) is 6.13. The van der Waals surface area contributed by atoms with E-state index in [-0.39, 0.29) is 0 Å². The summed E-state index contributed by atoms with van der Waals surface area (Å²) in [6.07, 6.45) is 0. The van der Waals surface area contributed by atoms with Crippen molar-refractivity contribution in [2.75, 3.05) is 0 Å². The molecule has 1 aromatic carbocycles. The fourth-order valence-corrected chi connectivity index (χ4v) is 1.16. The normalized spacial score (nSPS) is 12.5.